The molecule has 0 saturated heterocycles. The molecule has 3 nitrogen and oxygen atoms in total. The molecule has 0 aromatic heterocycles. The van der Waals surface area contributed by atoms with Gasteiger partial charge < -0.3 is 0 Å². The Bertz CT molecular complexity index is 395. The van der Waals surface area contributed by atoms with Gasteiger partial charge in [-0.25, -0.2) is 4.31 Å². The van der Waals surface area contributed by atoms with E-state index < -0.39 is 3.12 Å². The van der Waals surface area contributed by atoms with Gasteiger partial charge in [0.15, 0.2) is 0 Å². The molecule has 2 amide bonds. The molecule has 0 fully saturated rings. The summed E-state index contributed by atoms with van der Waals surface area (Å²) in [5.41, 5.74) is 1.02. The van der Waals surface area contributed by atoms with Crippen LogP contribution in [0.25, 0.3) is 0 Å². The summed E-state index contributed by atoms with van der Waals surface area (Å²) in [6.07, 6.45) is 4.65. The summed E-state index contributed by atoms with van der Waals surface area (Å²) in [7, 11) is 0. The zero-order valence-corrected chi connectivity index (χ0v) is 11.0. The van der Waals surface area contributed by atoms with Gasteiger partial charge in [0.1, 0.15) is 0 Å². The number of halogens is 3. The van der Waals surface area contributed by atoms with E-state index in [0.29, 0.717) is 35.9 Å². The Kier molecular flexibility index (Phi) is 3.27. The molecule has 0 aromatic rings. The van der Waals surface area contributed by atoms with E-state index in [4.69, 9.17) is 34.8 Å². The zero-order chi connectivity index (χ0) is 11.9. The summed E-state index contributed by atoms with van der Waals surface area (Å²) in [5.74, 6) is -0.749. The lowest BCUT2D eigenvalue weighted by molar-refractivity contribution is -0.131. The van der Waals surface area contributed by atoms with Crippen LogP contribution in [0.1, 0.15) is 12.8 Å². The molecule has 1 aliphatic heterocycles. The van der Waals surface area contributed by atoms with Crippen molar-refractivity contribution in [1.82, 2.24) is 4.31 Å². The molecule has 0 spiro atoms. The van der Waals surface area contributed by atoms with Crippen LogP contribution in [0.2, 0.25) is 0 Å². The minimum absolute atomic E-state index is 0.374. The zero-order valence-electron chi connectivity index (χ0n) is 7.87. The Morgan fingerprint density at radius 3 is 1.88 bits per heavy atom. The van der Waals surface area contributed by atoms with E-state index in [1.54, 1.807) is 0 Å². The molecule has 0 bridgehead atoms. The Labute approximate surface area is 112 Å². The first-order valence-corrected chi connectivity index (χ1v) is 6.32. The minimum Gasteiger partial charge on any atom is -0.268 e. The van der Waals surface area contributed by atoms with Crippen molar-refractivity contribution in [2.75, 3.05) is 0 Å². The van der Waals surface area contributed by atoms with Gasteiger partial charge >= 0.3 is 0 Å². The highest BCUT2D eigenvalue weighted by Crippen LogP contribution is 2.45. The third-order valence-corrected chi connectivity index (χ3v) is 3.60. The fraction of sp³-hybridized carbons (Fsp3) is 0.333. The predicted molar refractivity (Wildman–Crippen MR) is 65.1 cm³/mol. The van der Waals surface area contributed by atoms with Crippen LogP contribution in [0.4, 0.5) is 0 Å². The molecule has 0 unspecified atom stereocenters. The van der Waals surface area contributed by atoms with Gasteiger partial charge in [0.25, 0.3) is 14.9 Å². The molecule has 0 atom stereocenters. The number of alkyl halides is 3. The van der Waals surface area contributed by atoms with Crippen LogP contribution in [0, 0.1) is 0 Å². The van der Waals surface area contributed by atoms with Crippen molar-refractivity contribution >= 4 is 58.6 Å². The molecule has 2 rings (SSSR count). The lowest BCUT2D eigenvalue weighted by atomic mass is 9.99. The van der Waals surface area contributed by atoms with Crippen molar-refractivity contribution in [2.45, 2.75) is 16.0 Å². The van der Waals surface area contributed by atoms with Crippen LogP contribution in [0.15, 0.2) is 23.3 Å². The number of rotatable bonds is 1. The summed E-state index contributed by atoms with van der Waals surface area (Å²) in [5, 5.41) is 0. The third kappa shape index (κ3) is 2.25. The van der Waals surface area contributed by atoms with Crippen molar-refractivity contribution in [3.63, 3.8) is 0 Å². The first kappa shape index (κ1) is 12.3. The Balaban J connectivity index is 2.22. The predicted octanol–water partition coefficient (Wildman–Crippen LogP) is 2.98. The number of carbonyl (C=O) groups excluding carboxylic acids is 2. The molecule has 16 heavy (non-hydrogen) atoms. The summed E-state index contributed by atoms with van der Waals surface area (Å²) in [6, 6.07) is 0. The van der Waals surface area contributed by atoms with E-state index >= 15 is 0 Å². The number of nitrogens with zero attached hydrogens (tertiary/aromatic N) is 1. The topological polar surface area (TPSA) is 37.4 Å². The maximum absolute atomic E-state index is 11.8. The fourth-order valence-corrected chi connectivity index (χ4v) is 2.82. The van der Waals surface area contributed by atoms with Crippen LogP contribution in [0.3, 0.4) is 0 Å². The molecule has 0 N–H and O–H groups in total. The van der Waals surface area contributed by atoms with Crippen molar-refractivity contribution in [3.8, 4) is 0 Å². The molecule has 1 heterocycles. The van der Waals surface area contributed by atoms with E-state index in [9.17, 15) is 9.59 Å². The standard InChI is InChI=1S/C9H6Cl3NO2S/c10-9(11,12)16-13-7(14)5-3-1-2-4-6(5)8(13)15/h1-2H,3-4H2. The van der Waals surface area contributed by atoms with Gasteiger partial charge in [-0.05, 0) is 12.8 Å². The molecule has 1 aliphatic carbocycles. The van der Waals surface area contributed by atoms with Crippen LogP contribution < -0.4 is 0 Å². The van der Waals surface area contributed by atoms with Crippen LogP contribution >= 0.6 is 46.8 Å². The second-order valence-electron chi connectivity index (χ2n) is 3.28. The maximum atomic E-state index is 11.8. The quantitative estimate of drug-likeness (QED) is 0.323. The fourth-order valence-electron chi connectivity index (χ4n) is 1.61. The molecule has 0 radical (unpaired) electrons. The summed E-state index contributed by atoms with van der Waals surface area (Å²) >= 11 is 17.3. The normalized spacial score (nSPS) is 20.8. The van der Waals surface area contributed by atoms with Gasteiger partial charge in [0.05, 0.1) is 0 Å². The number of amides is 2. The summed E-state index contributed by atoms with van der Waals surface area (Å²) in [6.45, 7) is 0. The average molecular weight is 299 g/mol. The number of imide groups is 1. The van der Waals surface area contributed by atoms with Crippen LogP contribution in [0.5, 0.6) is 0 Å². The molecular formula is C9H6Cl3NO2S. The number of allylic oxidation sites excluding steroid dienone is 2. The van der Waals surface area contributed by atoms with Gasteiger partial charge in [-0.1, -0.05) is 47.0 Å². The van der Waals surface area contributed by atoms with Gasteiger partial charge in [0.2, 0.25) is 0 Å². The van der Waals surface area contributed by atoms with Gasteiger partial charge in [-0.3, -0.25) is 9.59 Å². The van der Waals surface area contributed by atoms with E-state index in [2.05, 4.69) is 0 Å². The summed E-state index contributed by atoms with van der Waals surface area (Å²) in [4.78, 5) is 23.7. The SMILES string of the molecule is O=C1C2=C(CC=CC2)C(=O)N1SC(Cl)(Cl)Cl. The minimum atomic E-state index is -1.71. The van der Waals surface area contributed by atoms with E-state index in [1.165, 1.54) is 0 Å². The van der Waals surface area contributed by atoms with Crippen molar-refractivity contribution in [2.24, 2.45) is 0 Å². The second-order valence-corrected chi connectivity index (χ2v) is 7.39. The molecule has 0 saturated carbocycles. The molecule has 0 aromatic carbocycles. The van der Waals surface area contributed by atoms with Crippen molar-refractivity contribution < 1.29 is 9.59 Å². The van der Waals surface area contributed by atoms with E-state index in [1.807, 2.05) is 12.2 Å². The lowest BCUT2D eigenvalue weighted by Crippen LogP contribution is -2.27. The average Bonchev–Trinajstić information content (AvgIpc) is 2.43. The first-order chi connectivity index (χ1) is 7.40. The van der Waals surface area contributed by atoms with Gasteiger partial charge in [-0.15, -0.1) is 0 Å². The van der Waals surface area contributed by atoms with E-state index in [0.717, 1.165) is 4.31 Å². The number of hydrogen-bond donors (Lipinski definition) is 0. The highest BCUT2D eigenvalue weighted by atomic mass is 35.6. The highest BCUT2D eigenvalue weighted by molar-refractivity contribution is 8.03. The Morgan fingerprint density at radius 1 is 1.06 bits per heavy atom. The first-order valence-electron chi connectivity index (χ1n) is 4.42. The van der Waals surface area contributed by atoms with Crippen molar-refractivity contribution in [1.29, 1.82) is 0 Å². The second kappa shape index (κ2) is 4.26. The smallest absolute Gasteiger partial charge is 0.267 e. The van der Waals surface area contributed by atoms with E-state index in [-0.39, 0.29) is 11.8 Å². The van der Waals surface area contributed by atoms with Gasteiger partial charge in [0, 0.05) is 23.1 Å². The van der Waals surface area contributed by atoms with Crippen molar-refractivity contribution in [3.05, 3.63) is 23.3 Å². The Morgan fingerprint density at radius 2 is 1.50 bits per heavy atom. The maximum Gasteiger partial charge on any atom is 0.267 e. The van der Waals surface area contributed by atoms with Gasteiger partial charge in [-0.2, -0.15) is 0 Å². The molecular weight excluding hydrogens is 293 g/mol. The third-order valence-electron chi connectivity index (χ3n) is 2.25. The largest absolute Gasteiger partial charge is 0.268 e. The monoisotopic (exact) mass is 297 g/mol. The summed E-state index contributed by atoms with van der Waals surface area (Å²) < 4.78 is -0.794. The number of hydrogen-bond acceptors (Lipinski definition) is 3. The van der Waals surface area contributed by atoms with Crippen LogP contribution in [-0.4, -0.2) is 19.2 Å². The molecule has 7 heteroatoms. The Hall–Kier alpha value is -0.160. The highest BCUT2D eigenvalue weighted by Gasteiger charge is 2.42. The lowest BCUT2D eigenvalue weighted by Gasteiger charge is -2.18. The molecule has 86 valence electrons. The number of carbonyl (C=O) groups is 2. The molecule has 2 aliphatic rings. The van der Waals surface area contributed by atoms with Crippen LogP contribution in [-0.2, 0) is 9.59 Å².